The van der Waals surface area contributed by atoms with Crippen molar-refractivity contribution in [2.24, 2.45) is 5.92 Å². The second-order valence-electron chi connectivity index (χ2n) is 3.38. The van der Waals surface area contributed by atoms with E-state index in [1.54, 1.807) is 0 Å². The first-order chi connectivity index (χ1) is 7.61. The molecule has 1 rings (SSSR count). The van der Waals surface area contributed by atoms with E-state index >= 15 is 0 Å². The molecule has 1 nitrogen and oxygen atoms in total. The minimum absolute atomic E-state index is 0.0905. The summed E-state index contributed by atoms with van der Waals surface area (Å²) in [5, 5.41) is 0. The van der Waals surface area contributed by atoms with Crippen molar-refractivity contribution in [1.29, 1.82) is 0 Å². The average Bonchev–Trinajstić information content (AvgIpc) is 2.34. The SMILES string of the molecule is CC.CC.Cc1ccc(C(=O)C(C)C)cc1. The Kier molecular flexibility index (Phi) is 11.2. The van der Waals surface area contributed by atoms with E-state index in [-0.39, 0.29) is 11.7 Å². The molecule has 0 unspecified atom stereocenters. The molecule has 0 saturated carbocycles. The predicted molar refractivity (Wildman–Crippen MR) is 73.0 cm³/mol. The van der Waals surface area contributed by atoms with Crippen LogP contribution < -0.4 is 0 Å². The topological polar surface area (TPSA) is 17.1 Å². The maximum atomic E-state index is 11.5. The van der Waals surface area contributed by atoms with Gasteiger partial charge in [0.2, 0.25) is 0 Å². The molecule has 16 heavy (non-hydrogen) atoms. The summed E-state index contributed by atoms with van der Waals surface area (Å²) < 4.78 is 0. The monoisotopic (exact) mass is 222 g/mol. The molecule has 0 aliphatic rings. The van der Waals surface area contributed by atoms with Crippen molar-refractivity contribution >= 4 is 5.78 Å². The van der Waals surface area contributed by atoms with E-state index in [1.165, 1.54) is 5.56 Å². The van der Waals surface area contributed by atoms with Crippen LogP contribution in [-0.2, 0) is 0 Å². The summed E-state index contributed by atoms with van der Waals surface area (Å²) in [5.74, 6) is 0.308. The van der Waals surface area contributed by atoms with Crippen LogP contribution in [0.3, 0.4) is 0 Å². The molecule has 92 valence electrons. The molecule has 0 spiro atoms. The molecule has 0 amide bonds. The van der Waals surface area contributed by atoms with E-state index in [0.29, 0.717) is 0 Å². The summed E-state index contributed by atoms with van der Waals surface area (Å²) in [6, 6.07) is 7.71. The van der Waals surface area contributed by atoms with Crippen LogP contribution in [-0.4, -0.2) is 5.78 Å². The summed E-state index contributed by atoms with van der Waals surface area (Å²) in [5.41, 5.74) is 2.01. The Labute approximate surface area is 101 Å². The van der Waals surface area contributed by atoms with E-state index in [4.69, 9.17) is 0 Å². The van der Waals surface area contributed by atoms with Crippen molar-refractivity contribution < 1.29 is 4.79 Å². The highest BCUT2D eigenvalue weighted by Gasteiger charge is 2.08. The van der Waals surface area contributed by atoms with Crippen molar-refractivity contribution in [3.8, 4) is 0 Å². The summed E-state index contributed by atoms with van der Waals surface area (Å²) in [7, 11) is 0. The second kappa shape index (κ2) is 10.4. The Balaban J connectivity index is 0. The van der Waals surface area contributed by atoms with Gasteiger partial charge in [0, 0.05) is 11.5 Å². The van der Waals surface area contributed by atoms with Gasteiger partial charge in [-0.2, -0.15) is 0 Å². The van der Waals surface area contributed by atoms with Gasteiger partial charge in [0.15, 0.2) is 5.78 Å². The fourth-order valence-electron chi connectivity index (χ4n) is 1.05. The van der Waals surface area contributed by atoms with Crippen LogP contribution in [0, 0.1) is 12.8 Å². The van der Waals surface area contributed by atoms with Crippen LogP contribution in [0.25, 0.3) is 0 Å². The predicted octanol–water partition coefficient (Wildman–Crippen LogP) is 4.89. The zero-order valence-electron chi connectivity index (χ0n) is 11.8. The van der Waals surface area contributed by atoms with Gasteiger partial charge in [0.1, 0.15) is 0 Å². The number of ketones is 1. The molecule has 0 heterocycles. The van der Waals surface area contributed by atoms with Crippen LogP contribution in [0.4, 0.5) is 0 Å². The molecule has 0 N–H and O–H groups in total. The van der Waals surface area contributed by atoms with Gasteiger partial charge in [-0.25, -0.2) is 0 Å². The van der Waals surface area contributed by atoms with E-state index in [9.17, 15) is 4.79 Å². The third kappa shape index (κ3) is 6.39. The summed E-state index contributed by atoms with van der Waals surface area (Å²) in [6.45, 7) is 13.9. The number of carbonyl (C=O) groups excluding carboxylic acids is 1. The minimum atomic E-state index is 0.0905. The molecular formula is C15H26O. The molecule has 0 radical (unpaired) electrons. The van der Waals surface area contributed by atoms with Crippen LogP contribution in [0.5, 0.6) is 0 Å². The lowest BCUT2D eigenvalue weighted by molar-refractivity contribution is 0.0939. The Morgan fingerprint density at radius 2 is 1.31 bits per heavy atom. The fraction of sp³-hybridized carbons (Fsp3) is 0.533. The molecular weight excluding hydrogens is 196 g/mol. The number of hydrogen-bond donors (Lipinski definition) is 0. The third-order valence-electron chi connectivity index (χ3n) is 1.86. The molecule has 0 aromatic heterocycles. The van der Waals surface area contributed by atoms with Gasteiger partial charge in [0.25, 0.3) is 0 Å². The van der Waals surface area contributed by atoms with Crippen molar-refractivity contribution in [2.75, 3.05) is 0 Å². The first-order valence-electron chi connectivity index (χ1n) is 6.22. The van der Waals surface area contributed by atoms with Gasteiger partial charge in [-0.1, -0.05) is 71.4 Å². The first-order valence-corrected chi connectivity index (χ1v) is 6.22. The number of rotatable bonds is 2. The van der Waals surface area contributed by atoms with Crippen LogP contribution >= 0.6 is 0 Å². The Hall–Kier alpha value is -1.11. The van der Waals surface area contributed by atoms with Gasteiger partial charge in [0.05, 0.1) is 0 Å². The minimum Gasteiger partial charge on any atom is -0.294 e. The van der Waals surface area contributed by atoms with Gasteiger partial charge >= 0.3 is 0 Å². The molecule has 0 atom stereocenters. The fourth-order valence-corrected chi connectivity index (χ4v) is 1.05. The lowest BCUT2D eigenvalue weighted by atomic mass is 10.0. The van der Waals surface area contributed by atoms with Gasteiger partial charge in [-0.3, -0.25) is 4.79 Å². The first kappa shape index (κ1) is 17.3. The summed E-state index contributed by atoms with van der Waals surface area (Å²) in [4.78, 5) is 11.5. The van der Waals surface area contributed by atoms with Gasteiger partial charge in [-0.05, 0) is 6.92 Å². The van der Waals surface area contributed by atoms with Crippen molar-refractivity contribution in [3.63, 3.8) is 0 Å². The summed E-state index contributed by atoms with van der Waals surface area (Å²) in [6.07, 6.45) is 0. The zero-order chi connectivity index (χ0) is 13.1. The van der Waals surface area contributed by atoms with Crippen LogP contribution in [0.15, 0.2) is 24.3 Å². The van der Waals surface area contributed by atoms with Crippen molar-refractivity contribution in [1.82, 2.24) is 0 Å². The lowest BCUT2D eigenvalue weighted by Crippen LogP contribution is -2.06. The number of hydrogen-bond acceptors (Lipinski definition) is 1. The average molecular weight is 222 g/mol. The standard InChI is InChI=1S/C11H14O.2C2H6/c1-8(2)11(12)10-6-4-9(3)5-7-10;2*1-2/h4-8H,1-3H3;2*1-2H3. The molecule has 0 saturated heterocycles. The third-order valence-corrected chi connectivity index (χ3v) is 1.86. The second-order valence-corrected chi connectivity index (χ2v) is 3.38. The highest BCUT2D eigenvalue weighted by molar-refractivity contribution is 5.97. The van der Waals surface area contributed by atoms with E-state index < -0.39 is 0 Å². The van der Waals surface area contributed by atoms with Crippen molar-refractivity contribution in [3.05, 3.63) is 35.4 Å². The quantitative estimate of drug-likeness (QED) is 0.651. The number of carbonyl (C=O) groups is 1. The molecule has 1 aromatic carbocycles. The molecule has 0 aliphatic carbocycles. The molecule has 0 bridgehead atoms. The Morgan fingerprint density at radius 3 is 1.62 bits per heavy atom. The Morgan fingerprint density at radius 1 is 0.938 bits per heavy atom. The largest absolute Gasteiger partial charge is 0.294 e. The van der Waals surface area contributed by atoms with Crippen LogP contribution in [0.2, 0.25) is 0 Å². The lowest BCUT2D eigenvalue weighted by Gasteiger charge is -2.03. The summed E-state index contributed by atoms with van der Waals surface area (Å²) >= 11 is 0. The zero-order valence-corrected chi connectivity index (χ0v) is 11.8. The maximum absolute atomic E-state index is 11.5. The van der Waals surface area contributed by atoms with Crippen LogP contribution in [0.1, 0.15) is 57.5 Å². The van der Waals surface area contributed by atoms with E-state index in [0.717, 1.165) is 5.56 Å². The highest BCUT2D eigenvalue weighted by atomic mass is 16.1. The molecule has 0 aliphatic heterocycles. The molecule has 1 aromatic rings. The van der Waals surface area contributed by atoms with Gasteiger partial charge in [-0.15, -0.1) is 0 Å². The molecule has 0 fully saturated rings. The normalized spacial score (nSPS) is 8.50. The Bertz CT molecular complexity index is 270. The number of Topliss-reactive ketones (excluding diaryl/α,β-unsaturated/α-hetero) is 1. The van der Waals surface area contributed by atoms with E-state index in [2.05, 4.69) is 0 Å². The smallest absolute Gasteiger partial charge is 0.165 e. The van der Waals surface area contributed by atoms with Crippen molar-refractivity contribution in [2.45, 2.75) is 48.5 Å². The number of aryl methyl sites for hydroxylation is 1. The van der Waals surface area contributed by atoms with E-state index in [1.807, 2.05) is 72.7 Å². The highest BCUT2D eigenvalue weighted by Crippen LogP contribution is 2.09. The number of benzene rings is 1. The maximum Gasteiger partial charge on any atom is 0.165 e. The van der Waals surface area contributed by atoms with Gasteiger partial charge < -0.3 is 0 Å². The molecule has 1 heteroatoms.